The summed E-state index contributed by atoms with van der Waals surface area (Å²) in [5, 5.41) is 0.518. The molecule has 5 heteroatoms. The SMILES string of the molecule is CC(=Nc1cc(Cl)cnc1C)c1c2cccccc-2[nH]c1=O. The molecule has 3 rings (SSSR count). The maximum atomic E-state index is 12.2. The van der Waals surface area contributed by atoms with Crippen molar-refractivity contribution in [3.63, 3.8) is 0 Å². The molecule has 0 aromatic carbocycles. The van der Waals surface area contributed by atoms with E-state index in [-0.39, 0.29) is 5.56 Å². The third kappa shape index (κ3) is 2.65. The Morgan fingerprint density at radius 2 is 2.05 bits per heavy atom. The molecule has 0 unspecified atom stereocenters. The second kappa shape index (κ2) is 5.73. The van der Waals surface area contributed by atoms with Gasteiger partial charge in [0, 0.05) is 17.5 Å². The molecule has 0 amide bonds. The summed E-state index contributed by atoms with van der Waals surface area (Å²) in [6.45, 7) is 3.67. The van der Waals surface area contributed by atoms with Gasteiger partial charge in [-0.1, -0.05) is 35.9 Å². The van der Waals surface area contributed by atoms with Gasteiger partial charge in [-0.05, 0) is 26.0 Å². The molecular weight excluding hydrogens is 298 g/mol. The lowest BCUT2D eigenvalue weighted by Crippen LogP contribution is -2.10. The van der Waals surface area contributed by atoms with Gasteiger partial charge in [-0.3, -0.25) is 14.8 Å². The number of rotatable bonds is 2. The van der Waals surface area contributed by atoms with Crippen LogP contribution in [0.2, 0.25) is 5.02 Å². The number of pyridine rings is 1. The van der Waals surface area contributed by atoms with Crippen molar-refractivity contribution in [3.05, 3.63) is 69.2 Å². The molecule has 0 atom stereocenters. The topological polar surface area (TPSA) is 58.1 Å². The lowest BCUT2D eigenvalue weighted by Gasteiger charge is -2.03. The van der Waals surface area contributed by atoms with Gasteiger partial charge >= 0.3 is 0 Å². The molecule has 1 aromatic heterocycles. The Bertz CT molecular complexity index is 899. The van der Waals surface area contributed by atoms with E-state index in [9.17, 15) is 4.79 Å². The van der Waals surface area contributed by atoms with Crippen LogP contribution in [0.4, 0.5) is 5.69 Å². The maximum absolute atomic E-state index is 12.2. The minimum Gasteiger partial charge on any atom is -0.321 e. The predicted molar refractivity (Wildman–Crippen MR) is 89.5 cm³/mol. The van der Waals surface area contributed by atoms with E-state index in [0.29, 0.717) is 22.0 Å². The lowest BCUT2D eigenvalue weighted by molar-refractivity contribution is 1.18. The number of nitrogens with one attached hydrogen (secondary N) is 1. The van der Waals surface area contributed by atoms with E-state index in [0.717, 1.165) is 17.0 Å². The van der Waals surface area contributed by atoms with Gasteiger partial charge in [-0.25, -0.2) is 0 Å². The third-order valence-electron chi connectivity index (χ3n) is 3.46. The van der Waals surface area contributed by atoms with Crippen LogP contribution in [0.1, 0.15) is 18.2 Å². The van der Waals surface area contributed by atoms with Crippen molar-refractivity contribution in [3.8, 4) is 11.3 Å². The highest BCUT2D eigenvalue weighted by Crippen LogP contribution is 2.25. The molecule has 2 aliphatic rings. The summed E-state index contributed by atoms with van der Waals surface area (Å²) >= 11 is 5.97. The number of nitrogens with zero attached hydrogens (tertiary/aromatic N) is 2. The summed E-state index contributed by atoms with van der Waals surface area (Å²) in [5.41, 5.74) is 4.14. The lowest BCUT2D eigenvalue weighted by atomic mass is 10.1. The van der Waals surface area contributed by atoms with Crippen LogP contribution >= 0.6 is 11.6 Å². The standard InChI is InChI=1S/C17H14ClN3O/c1-10-15(8-12(18)9-19-10)20-11(2)16-13-6-4-3-5-7-14(13)21-17(16)22/h3-9H,1-2H3,(H,21,22). The molecule has 110 valence electrons. The van der Waals surface area contributed by atoms with Gasteiger partial charge in [-0.15, -0.1) is 0 Å². The highest BCUT2D eigenvalue weighted by Gasteiger charge is 2.16. The minimum atomic E-state index is -0.143. The molecule has 0 saturated heterocycles. The highest BCUT2D eigenvalue weighted by atomic mass is 35.5. The molecule has 22 heavy (non-hydrogen) atoms. The normalized spacial score (nSPS) is 11.9. The van der Waals surface area contributed by atoms with Crippen LogP contribution in [0, 0.1) is 6.92 Å². The van der Waals surface area contributed by atoms with Crippen LogP contribution in [-0.4, -0.2) is 15.7 Å². The van der Waals surface area contributed by atoms with Crippen molar-refractivity contribution in [1.82, 2.24) is 9.97 Å². The number of aromatic amines is 1. The first-order chi connectivity index (χ1) is 10.6. The van der Waals surface area contributed by atoms with Crippen molar-refractivity contribution in [2.45, 2.75) is 13.8 Å². The molecule has 1 aliphatic heterocycles. The summed E-state index contributed by atoms with van der Waals surface area (Å²) in [4.78, 5) is 23.8. The Balaban J connectivity index is 2.16. The summed E-state index contributed by atoms with van der Waals surface area (Å²) in [5.74, 6) is 0. The van der Waals surface area contributed by atoms with Gasteiger partial charge in [0.15, 0.2) is 0 Å². The van der Waals surface area contributed by atoms with E-state index in [1.54, 1.807) is 12.3 Å². The van der Waals surface area contributed by atoms with Crippen molar-refractivity contribution >= 4 is 23.0 Å². The van der Waals surface area contributed by atoms with Crippen LogP contribution in [0.25, 0.3) is 11.3 Å². The number of hydrogen-bond donors (Lipinski definition) is 1. The molecule has 0 spiro atoms. The predicted octanol–water partition coefficient (Wildman–Crippen LogP) is 3.98. The Labute approximate surface area is 132 Å². The van der Waals surface area contributed by atoms with Crippen molar-refractivity contribution in [2.24, 2.45) is 4.99 Å². The van der Waals surface area contributed by atoms with Crippen LogP contribution in [0.5, 0.6) is 0 Å². The van der Waals surface area contributed by atoms with Gasteiger partial charge in [0.2, 0.25) is 0 Å². The largest absolute Gasteiger partial charge is 0.321 e. The fraction of sp³-hybridized carbons (Fsp3) is 0.118. The Hall–Kier alpha value is -2.46. The van der Waals surface area contributed by atoms with Crippen molar-refractivity contribution in [2.75, 3.05) is 0 Å². The second-order valence-corrected chi connectivity index (χ2v) is 5.46. The van der Waals surface area contributed by atoms with Crippen molar-refractivity contribution in [1.29, 1.82) is 0 Å². The van der Waals surface area contributed by atoms with E-state index in [1.165, 1.54) is 0 Å². The van der Waals surface area contributed by atoms with Gasteiger partial charge in [0.25, 0.3) is 5.56 Å². The molecule has 4 nitrogen and oxygen atoms in total. The number of aromatic nitrogens is 2. The average Bonchev–Trinajstić information content (AvgIpc) is 2.64. The van der Waals surface area contributed by atoms with Crippen LogP contribution < -0.4 is 5.56 Å². The fourth-order valence-electron chi connectivity index (χ4n) is 2.39. The summed E-state index contributed by atoms with van der Waals surface area (Å²) in [6, 6.07) is 11.2. The Kier molecular flexibility index (Phi) is 3.77. The van der Waals surface area contributed by atoms with Gasteiger partial charge in [-0.2, -0.15) is 0 Å². The smallest absolute Gasteiger partial charge is 0.258 e. The average molecular weight is 312 g/mol. The summed E-state index contributed by atoms with van der Waals surface area (Å²) < 4.78 is 0. The van der Waals surface area contributed by atoms with E-state index >= 15 is 0 Å². The van der Waals surface area contributed by atoms with E-state index in [2.05, 4.69) is 15.0 Å². The monoisotopic (exact) mass is 311 g/mol. The van der Waals surface area contributed by atoms with E-state index in [1.807, 2.05) is 44.2 Å². The highest BCUT2D eigenvalue weighted by molar-refractivity contribution is 6.30. The van der Waals surface area contributed by atoms with Crippen LogP contribution in [-0.2, 0) is 0 Å². The zero-order valence-electron chi connectivity index (χ0n) is 12.2. The number of hydrogen-bond acceptors (Lipinski definition) is 3. The molecule has 0 radical (unpaired) electrons. The van der Waals surface area contributed by atoms with Crippen LogP contribution in [0.3, 0.4) is 0 Å². The first-order valence-electron chi connectivity index (χ1n) is 6.85. The first-order valence-corrected chi connectivity index (χ1v) is 7.23. The number of aliphatic imine (C=N–C) groups is 1. The molecule has 0 saturated carbocycles. The molecular formula is C17H14ClN3O. The summed E-state index contributed by atoms with van der Waals surface area (Å²) in [7, 11) is 0. The second-order valence-electron chi connectivity index (χ2n) is 5.02. The van der Waals surface area contributed by atoms with E-state index in [4.69, 9.17) is 11.6 Å². The zero-order valence-corrected chi connectivity index (χ0v) is 13.0. The van der Waals surface area contributed by atoms with Crippen LogP contribution in [0.15, 0.2) is 52.4 Å². The third-order valence-corrected chi connectivity index (χ3v) is 3.67. The van der Waals surface area contributed by atoms with Gasteiger partial charge in [0.1, 0.15) is 0 Å². The van der Waals surface area contributed by atoms with Gasteiger partial charge in [0.05, 0.1) is 27.7 Å². The van der Waals surface area contributed by atoms with Gasteiger partial charge < -0.3 is 4.98 Å². The number of aryl methyl sites for hydroxylation is 1. The maximum Gasteiger partial charge on any atom is 0.258 e. The first kappa shape index (κ1) is 14.5. The molecule has 1 aliphatic carbocycles. The molecule has 1 aromatic rings. The fourth-order valence-corrected chi connectivity index (χ4v) is 2.54. The number of H-pyrrole nitrogens is 1. The molecule has 1 N–H and O–H groups in total. The summed E-state index contributed by atoms with van der Waals surface area (Å²) in [6.07, 6.45) is 1.58. The quantitative estimate of drug-likeness (QED) is 0.728. The zero-order chi connectivity index (χ0) is 15.7. The number of halogens is 1. The molecule has 0 bridgehead atoms. The Morgan fingerprint density at radius 1 is 1.27 bits per heavy atom. The number of fused-ring (bicyclic) bond motifs is 1. The molecule has 0 fully saturated rings. The molecule has 2 heterocycles. The van der Waals surface area contributed by atoms with E-state index < -0.39 is 0 Å². The Morgan fingerprint density at radius 3 is 2.86 bits per heavy atom. The van der Waals surface area contributed by atoms with Crippen molar-refractivity contribution < 1.29 is 0 Å². The minimum absolute atomic E-state index is 0.143.